The molecule has 2 aromatic rings. The highest BCUT2D eigenvalue weighted by Crippen LogP contribution is 2.30. The van der Waals surface area contributed by atoms with Gasteiger partial charge in [0.2, 0.25) is 5.90 Å². The zero-order valence-corrected chi connectivity index (χ0v) is 19.9. The molecule has 0 bridgehead atoms. The molecule has 0 amide bonds. The number of allylic oxidation sites excluding steroid dienone is 10. The summed E-state index contributed by atoms with van der Waals surface area (Å²) in [7, 11) is 2.78. The number of rotatable bonds is 8. The molecule has 178 valence electrons. The molecule has 0 unspecified atom stereocenters. The highest BCUT2D eigenvalue weighted by atomic mass is 19.1. The van der Waals surface area contributed by atoms with E-state index in [1.54, 1.807) is 41.1 Å². The predicted molar refractivity (Wildman–Crippen MR) is 144 cm³/mol. The topological polar surface area (TPSA) is 55.6 Å². The van der Waals surface area contributed by atoms with Gasteiger partial charge in [0.1, 0.15) is 5.82 Å². The smallest absolute Gasteiger partial charge is 0.245 e. The quantitative estimate of drug-likeness (QED) is 0.280. The lowest BCUT2D eigenvalue weighted by molar-refractivity contribution is 0.390. The van der Waals surface area contributed by atoms with E-state index in [0.29, 0.717) is 23.5 Å². The Labute approximate surface area is 205 Å². The van der Waals surface area contributed by atoms with E-state index in [4.69, 9.17) is 4.74 Å². The SMILES string of the molecule is C=C/C=C(\C=C)Nc1cc(=O)c(/C(C2=CC=CCC=C2)=C(/F)C(=NC)OC)cn1-c1ccccc1. The average molecular weight is 470 g/mol. The van der Waals surface area contributed by atoms with Gasteiger partial charge in [0.15, 0.2) is 11.3 Å². The fourth-order valence-corrected chi connectivity index (χ4v) is 3.59. The van der Waals surface area contributed by atoms with Crippen LogP contribution in [0.5, 0.6) is 0 Å². The van der Waals surface area contributed by atoms with E-state index in [9.17, 15) is 4.79 Å². The number of aromatic nitrogens is 1. The molecule has 1 aromatic heterocycles. The molecule has 0 fully saturated rings. The normalized spacial score (nSPS) is 14.5. The first kappa shape index (κ1) is 25.2. The summed E-state index contributed by atoms with van der Waals surface area (Å²) in [4.78, 5) is 17.4. The molecular formula is C29H28FN3O2. The first-order valence-electron chi connectivity index (χ1n) is 11.0. The maximum Gasteiger partial charge on any atom is 0.245 e. The number of methoxy groups -OCH3 is 1. The fraction of sp³-hybridized carbons (Fsp3) is 0.103. The van der Waals surface area contributed by atoms with Gasteiger partial charge in [0, 0.05) is 41.8 Å². The Balaban J connectivity index is 2.35. The summed E-state index contributed by atoms with van der Waals surface area (Å²) in [5.41, 5.74) is 1.85. The monoisotopic (exact) mass is 469 g/mol. The van der Waals surface area contributed by atoms with Crippen LogP contribution >= 0.6 is 0 Å². The van der Waals surface area contributed by atoms with Crippen molar-refractivity contribution < 1.29 is 9.13 Å². The number of nitrogens with zero attached hydrogens (tertiary/aromatic N) is 2. The lowest BCUT2D eigenvalue weighted by atomic mass is 9.96. The molecular weight excluding hydrogens is 441 g/mol. The first-order chi connectivity index (χ1) is 17.0. The van der Waals surface area contributed by atoms with E-state index in [1.165, 1.54) is 20.2 Å². The molecule has 1 aliphatic rings. The average Bonchev–Trinajstić information content (AvgIpc) is 3.16. The van der Waals surface area contributed by atoms with Crippen LogP contribution in [-0.2, 0) is 4.74 Å². The summed E-state index contributed by atoms with van der Waals surface area (Å²) >= 11 is 0. The van der Waals surface area contributed by atoms with Gasteiger partial charge < -0.3 is 14.6 Å². The Kier molecular flexibility index (Phi) is 8.73. The summed E-state index contributed by atoms with van der Waals surface area (Å²) in [5, 5.41) is 3.20. The van der Waals surface area contributed by atoms with Crippen LogP contribution in [0.2, 0.25) is 0 Å². The number of para-hydroxylation sites is 1. The molecule has 5 nitrogen and oxygen atoms in total. The van der Waals surface area contributed by atoms with Crippen molar-refractivity contribution in [3.8, 4) is 5.69 Å². The molecule has 0 atom stereocenters. The second kappa shape index (κ2) is 12.1. The maximum absolute atomic E-state index is 15.8. The molecule has 1 N–H and O–H groups in total. The van der Waals surface area contributed by atoms with Crippen molar-refractivity contribution in [1.82, 2.24) is 4.57 Å². The van der Waals surface area contributed by atoms with Crippen LogP contribution in [0.4, 0.5) is 10.2 Å². The van der Waals surface area contributed by atoms with Crippen molar-refractivity contribution in [2.24, 2.45) is 4.99 Å². The van der Waals surface area contributed by atoms with Crippen molar-refractivity contribution in [3.05, 3.63) is 137 Å². The van der Waals surface area contributed by atoms with Gasteiger partial charge >= 0.3 is 0 Å². The minimum atomic E-state index is -0.725. The second-order valence-corrected chi connectivity index (χ2v) is 7.44. The van der Waals surface area contributed by atoms with Gasteiger partial charge in [-0.2, -0.15) is 0 Å². The summed E-state index contributed by atoms with van der Waals surface area (Å²) in [6.45, 7) is 7.52. The van der Waals surface area contributed by atoms with Crippen LogP contribution in [-0.4, -0.2) is 24.6 Å². The van der Waals surface area contributed by atoms with Crippen LogP contribution < -0.4 is 10.7 Å². The lowest BCUT2D eigenvalue weighted by Gasteiger charge is -2.19. The van der Waals surface area contributed by atoms with E-state index < -0.39 is 5.83 Å². The Morgan fingerprint density at radius 1 is 1.23 bits per heavy atom. The molecule has 0 saturated heterocycles. The standard InChI is InChI=1S/C29H28FN3O2/c1-5-14-22(6-2)32-26-19-25(34)24(20-33(26)23-17-12-9-13-18-23)27(28(30)29(31-3)35-4)21-15-10-7-8-11-16-21/h5-7,9-20,32H,1-2,8H2,3-4H3/b22-14+,28-27+,31-29?. The van der Waals surface area contributed by atoms with Gasteiger partial charge in [-0.1, -0.05) is 67.8 Å². The van der Waals surface area contributed by atoms with Gasteiger partial charge in [-0.25, -0.2) is 4.39 Å². The molecule has 1 aliphatic carbocycles. The van der Waals surface area contributed by atoms with E-state index in [-0.39, 0.29) is 22.5 Å². The van der Waals surface area contributed by atoms with Crippen molar-refractivity contribution in [2.45, 2.75) is 6.42 Å². The highest BCUT2D eigenvalue weighted by molar-refractivity contribution is 6.03. The number of hydrogen-bond acceptors (Lipinski definition) is 4. The molecule has 0 saturated carbocycles. The van der Waals surface area contributed by atoms with Crippen molar-refractivity contribution >= 4 is 17.3 Å². The maximum atomic E-state index is 15.8. The third kappa shape index (κ3) is 5.92. The number of pyridine rings is 1. The van der Waals surface area contributed by atoms with E-state index in [0.717, 1.165) is 5.69 Å². The second-order valence-electron chi connectivity index (χ2n) is 7.44. The fourth-order valence-electron chi connectivity index (χ4n) is 3.59. The van der Waals surface area contributed by atoms with Crippen molar-refractivity contribution in [2.75, 3.05) is 19.5 Å². The van der Waals surface area contributed by atoms with Crippen LogP contribution in [0, 0.1) is 0 Å². The molecule has 0 aliphatic heterocycles. The van der Waals surface area contributed by atoms with Crippen molar-refractivity contribution in [3.63, 3.8) is 0 Å². The van der Waals surface area contributed by atoms with Crippen LogP contribution in [0.1, 0.15) is 12.0 Å². The number of benzene rings is 1. The van der Waals surface area contributed by atoms with Crippen LogP contribution in [0.25, 0.3) is 11.3 Å². The molecule has 6 heteroatoms. The van der Waals surface area contributed by atoms with E-state index in [2.05, 4.69) is 23.5 Å². The predicted octanol–water partition coefficient (Wildman–Crippen LogP) is 6.30. The number of aliphatic imine (C=N–C) groups is 1. The number of hydrogen-bond donors (Lipinski definition) is 1. The zero-order chi connectivity index (χ0) is 25.2. The summed E-state index contributed by atoms with van der Waals surface area (Å²) < 4.78 is 22.8. The van der Waals surface area contributed by atoms with E-state index in [1.807, 2.05) is 48.6 Å². The minimum Gasteiger partial charge on any atom is -0.479 e. The molecule has 0 radical (unpaired) electrons. The number of halogens is 1. The van der Waals surface area contributed by atoms with Gasteiger partial charge in [-0.15, -0.1) is 0 Å². The van der Waals surface area contributed by atoms with Gasteiger partial charge in [0.05, 0.1) is 7.11 Å². The minimum absolute atomic E-state index is 0.0991. The zero-order valence-electron chi connectivity index (χ0n) is 19.9. The van der Waals surface area contributed by atoms with Gasteiger partial charge in [-0.3, -0.25) is 9.79 Å². The highest BCUT2D eigenvalue weighted by Gasteiger charge is 2.22. The Morgan fingerprint density at radius 3 is 2.66 bits per heavy atom. The molecule has 1 heterocycles. The molecule has 0 spiro atoms. The Hall–Kier alpha value is -4.45. The number of nitrogens with one attached hydrogen (secondary N) is 1. The van der Waals surface area contributed by atoms with Crippen LogP contribution in [0.15, 0.2) is 131 Å². The first-order valence-corrected chi connectivity index (χ1v) is 11.0. The summed E-state index contributed by atoms with van der Waals surface area (Å²) in [6.07, 6.45) is 16.5. The lowest BCUT2D eigenvalue weighted by Crippen LogP contribution is -2.18. The third-order valence-electron chi connectivity index (χ3n) is 5.22. The van der Waals surface area contributed by atoms with E-state index >= 15 is 4.39 Å². The molecule has 3 rings (SSSR count). The van der Waals surface area contributed by atoms with Gasteiger partial charge in [-0.05, 0) is 36.3 Å². The largest absolute Gasteiger partial charge is 0.479 e. The Bertz CT molecular complexity index is 1340. The van der Waals surface area contributed by atoms with Crippen LogP contribution in [0.3, 0.4) is 0 Å². The summed E-state index contributed by atoms with van der Waals surface area (Å²) in [6, 6.07) is 10.9. The molecule has 1 aromatic carbocycles. The summed E-state index contributed by atoms with van der Waals surface area (Å²) in [5.74, 6) is -0.436. The number of anilines is 1. The Morgan fingerprint density at radius 2 is 2.00 bits per heavy atom. The molecule has 35 heavy (non-hydrogen) atoms. The third-order valence-corrected chi connectivity index (χ3v) is 5.22. The van der Waals surface area contributed by atoms with Crippen molar-refractivity contribution in [1.29, 1.82) is 0 Å². The van der Waals surface area contributed by atoms with Gasteiger partial charge in [0.25, 0.3) is 0 Å². The number of ether oxygens (including phenoxy) is 1.